The molecule has 2 rings (SSSR count). The summed E-state index contributed by atoms with van der Waals surface area (Å²) < 4.78 is 12.8. The van der Waals surface area contributed by atoms with Gasteiger partial charge in [0.05, 0.1) is 18.0 Å². The van der Waals surface area contributed by atoms with E-state index >= 15 is 0 Å². The van der Waals surface area contributed by atoms with Crippen molar-refractivity contribution in [2.45, 2.75) is 13.0 Å². The maximum atomic E-state index is 12.8. The molecule has 1 atom stereocenters. The number of carbonyl (C=O) groups excluding carboxylic acids is 1. The van der Waals surface area contributed by atoms with Crippen LogP contribution in [0.5, 0.6) is 0 Å². The van der Waals surface area contributed by atoms with Crippen LogP contribution < -0.4 is 10.6 Å². The summed E-state index contributed by atoms with van der Waals surface area (Å²) in [6.07, 6.45) is 1.04. The van der Waals surface area contributed by atoms with Gasteiger partial charge in [-0.3, -0.25) is 4.79 Å². The third-order valence-electron chi connectivity index (χ3n) is 2.71. The normalized spacial score (nSPS) is 11.8. The molecule has 1 amide bonds. The Morgan fingerprint density at radius 1 is 1.29 bits per heavy atom. The first-order valence-corrected chi connectivity index (χ1v) is 6.49. The topological polar surface area (TPSA) is 74.2 Å². The van der Waals surface area contributed by atoms with Gasteiger partial charge >= 0.3 is 0 Å². The summed E-state index contributed by atoms with van der Waals surface area (Å²) in [4.78, 5) is 16.0. The number of anilines is 2. The van der Waals surface area contributed by atoms with Crippen molar-refractivity contribution in [3.8, 4) is 0 Å². The lowest BCUT2D eigenvalue weighted by molar-refractivity contribution is 0.102. The number of pyridine rings is 1. The van der Waals surface area contributed by atoms with Crippen LogP contribution >= 0.6 is 0 Å². The molecular weight excluding hydrogens is 273 g/mol. The largest absolute Gasteiger partial charge is 0.392 e. The zero-order valence-corrected chi connectivity index (χ0v) is 11.5. The highest BCUT2D eigenvalue weighted by Gasteiger charge is 2.06. The molecule has 0 spiro atoms. The SMILES string of the molecule is CC(O)CNc1ccc(NC(=O)c2ccc(F)cc2)cn1. The average Bonchev–Trinajstić information content (AvgIpc) is 2.47. The van der Waals surface area contributed by atoms with Crippen molar-refractivity contribution in [1.29, 1.82) is 0 Å². The second-order valence-electron chi connectivity index (χ2n) is 4.62. The van der Waals surface area contributed by atoms with E-state index in [1.54, 1.807) is 19.1 Å². The predicted molar refractivity (Wildman–Crippen MR) is 78.8 cm³/mol. The molecule has 0 bridgehead atoms. The number of nitrogens with one attached hydrogen (secondary N) is 2. The number of aliphatic hydroxyl groups excluding tert-OH is 1. The monoisotopic (exact) mass is 289 g/mol. The van der Waals surface area contributed by atoms with Gasteiger partial charge < -0.3 is 15.7 Å². The van der Waals surface area contributed by atoms with E-state index in [0.29, 0.717) is 23.6 Å². The van der Waals surface area contributed by atoms with Crippen molar-refractivity contribution in [3.63, 3.8) is 0 Å². The number of benzene rings is 1. The lowest BCUT2D eigenvalue weighted by atomic mass is 10.2. The maximum absolute atomic E-state index is 12.8. The van der Waals surface area contributed by atoms with E-state index in [-0.39, 0.29) is 11.7 Å². The molecule has 1 unspecified atom stereocenters. The van der Waals surface area contributed by atoms with Crippen LogP contribution in [0.4, 0.5) is 15.9 Å². The number of halogens is 1. The number of amides is 1. The molecule has 0 saturated heterocycles. The highest BCUT2D eigenvalue weighted by atomic mass is 19.1. The smallest absolute Gasteiger partial charge is 0.255 e. The van der Waals surface area contributed by atoms with Gasteiger partial charge in [0.15, 0.2) is 0 Å². The van der Waals surface area contributed by atoms with Crippen LogP contribution in [0.25, 0.3) is 0 Å². The number of hydrogen-bond donors (Lipinski definition) is 3. The van der Waals surface area contributed by atoms with E-state index in [9.17, 15) is 9.18 Å². The fourth-order valence-corrected chi connectivity index (χ4v) is 1.63. The first-order valence-electron chi connectivity index (χ1n) is 6.49. The first kappa shape index (κ1) is 14.9. The van der Waals surface area contributed by atoms with Gasteiger partial charge in [0.2, 0.25) is 0 Å². The highest BCUT2D eigenvalue weighted by Crippen LogP contribution is 2.12. The van der Waals surface area contributed by atoms with Gasteiger partial charge in [-0.25, -0.2) is 9.37 Å². The second kappa shape index (κ2) is 6.81. The fourth-order valence-electron chi connectivity index (χ4n) is 1.63. The molecule has 2 aromatic rings. The van der Waals surface area contributed by atoms with Crippen molar-refractivity contribution in [3.05, 3.63) is 54.0 Å². The summed E-state index contributed by atoms with van der Waals surface area (Å²) >= 11 is 0. The third kappa shape index (κ3) is 4.54. The number of carbonyl (C=O) groups is 1. The Labute approximate surface area is 121 Å². The molecular formula is C15H16FN3O2. The average molecular weight is 289 g/mol. The highest BCUT2D eigenvalue weighted by molar-refractivity contribution is 6.04. The lowest BCUT2D eigenvalue weighted by Gasteiger charge is -2.09. The van der Waals surface area contributed by atoms with E-state index in [1.165, 1.54) is 30.5 Å². The Bertz CT molecular complexity index is 597. The summed E-state index contributed by atoms with van der Waals surface area (Å²) in [5, 5.41) is 14.8. The molecule has 0 saturated carbocycles. The standard InChI is InChI=1S/C15H16FN3O2/c1-10(20)8-17-14-7-6-13(9-18-14)19-15(21)11-2-4-12(16)5-3-11/h2-7,9-10,20H,8H2,1H3,(H,17,18)(H,19,21). The molecule has 1 aromatic heterocycles. The van der Waals surface area contributed by atoms with Crippen LogP contribution in [-0.2, 0) is 0 Å². The number of nitrogens with zero attached hydrogens (tertiary/aromatic N) is 1. The molecule has 1 heterocycles. The zero-order valence-electron chi connectivity index (χ0n) is 11.5. The summed E-state index contributed by atoms with van der Waals surface area (Å²) in [6.45, 7) is 2.07. The number of rotatable bonds is 5. The minimum atomic E-state index is -0.468. The van der Waals surface area contributed by atoms with Gasteiger partial charge in [0.25, 0.3) is 5.91 Å². The van der Waals surface area contributed by atoms with Gasteiger partial charge in [-0.2, -0.15) is 0 Å². The maximum Gasteiger partial charge on any atom is 0.255 e. The van der Waals surface area contributed by atoms with Gasteiger partial charge in [-0.05, 0) is 43.3 Å². The molecule has 6 heteroatoms. The van der Waals surface area contributed by atoms with Crippen LogP contribution in [0, 0.1) is 5.82 Å². The van der Waals surface area contributed by atoms with Gasteiger partial charge in [-0.1, -0.05) is 0 Å². The number of hydrogen-bond acceptors (Lipinski definition) is 4. The van der Waals surface area contributed by atoms with Gasteiger partial charge in [0, 0.05) is 12.1 Å². The van der Waals surface area contributed by atoms with Crippen LogP contribution in [0.2, 0.25) is 0 Å². The van der Waals surface area contributed by atoms with Gasteiger partial charge in [0.1, 0.15) is 11.6 Å². The number of aliphatic hydroxyl groups is 1. The van der Waals surface area contributed by atoms with Crippen molar-refractivity contribution < 1.29 is 14.3 Å². The molecule has 5 nitrogen and oxygen atoms in total. The molecule has 0 aliphatic carbocycles. The zero-order chi connectivity index (χ0) is 15.2. The number of aromatic nitrogens is 1. The van der Waals surface area contributed by atoms with E-state index < -0.39 is 6.10 Å². The Morgan fingerprint density at radius 2 is 2.00 bits per heavy atom. The van der Waals surface area contributed by atoms with Crippen molar-refractivity contribution >= 4 is 17.4 Å². The molecule has 0 aliphatic heterocycles. The van der Waals surface area contributed by atoms with E-state index in [2.05, 4.69) is 15.6 Å². The molecule has 110 valence electrons. The Hall–Kier alpha value is -2.47. The Kier molecular flexibility index (Phi) is 4.84. The van der Waals surface area contributed by atoms with E-state index in [4.69, 9.17) is 5.11 Å². The van der Waals surface area contributed by atoms with Crippen LogP contribution in [0.15, 0.2) is 42.6 Å². The summed E-state index contributed by atoms with van der Waals surface area (Å²) in [5.41, 5.74) is 0.902. The molecule has 21 heavy (non-hydrogen) atoms. The summed E-state index contributed by atoms with van der Waals surface area (Å²) in [6, 6.07) is 8.68. The van der Waals surface area contributed by atoms with Crippen LogP contribution in [0.3, 0.4) is 0 Å². The molecule has 0 fully saturated rings. The predicted octanol–water partition coefficient (Wildman–Crippen LogP) is 2.27. The lowest BCUT2D eigenvalue weighted by Crippen LogP contribution is -2.16. The molecule has 3 N–H and O–H groups in total. The van der Waals surface area contributed by atoms with E-state index in [0.717, 1.165) is 0 Å². The first-order chi connectivity index (χ1) is 10.0. The summed E-state index contributed by atoms with van der Waals surface area (Å²) in [5.74, 6) is -0.112. The minimum Gasteiger partial charge on any atom is -0.392 e. The third-order valence-corrected chi connectivity index (χ3v) is 2.71. The van der Waals surface area contributed by atoms with Gasteiger partial charge in [-0.15, -0.1) is 0 Å². The van der Waals surface area contributed by atoms with Crippen molar-refractivity contribution in [2.24, 2.45) is 0 Å². The van der Waals surface area contributed by atoms with Crippen LogP contribution in [-0.4, -0.2) is 28.6 Å². The quantitative estimate of drug-likeness (QED) is 0.789. The molecule has 0 radical (unpaired) electrons. The molecule has 1 aromatic carbocycles. The molecule has 0 aliphatic rings. The van der Waals surface area contributed by atoms with Crippen molar-refractivity contribution in [2.75, 3.05) is 17.2 Å². The summed E-state index contributed by atoms with van der Waals surface area (Å²) in [7, 11) is 0. The van der Waals surface area contributed by atoms with E-state index in [1.807, 2.05) is 0 Å². The minimum absolute atomic E-state index is 0.332. The Morgan fingerprint density at radius 3 is 2.57 bits per heavy atom. The fraction of sp³-hybridized carbons (Fsp3) is 0.200. The van der Waals surface area contributed by atoms with Crippen LogP contribution in [0.1, 0.15) is 17.3 Å². The van der Waals surface area contributed by atoms with Crippen molar-refractivity contribution in [1.82, 2.24) is 4.98 Å². The second-order valence-corrected chi connectivity index (χ2v) is 4.62. The Balaban J connectivity index is 1.96.